The van der Waals surface area contributed by atoms with Crippen molar-refractivity contribution in [3.05, 3.63) is 28.5 Å². The predicted molar refractivity (Wildman–Crippen MR) is 92.8 cm³/mol. The first-order valence-electron chi connectivity index (χ1n) is 7.22. The highest BCUT2D eigenvalue weighted by atomic mass is 79.9. The average molecular weight is 432 g/mol. The first-order chi connectivity index (χ1) is 10.5. The third-order valence-corrected chi connectivity index (χ3v) is 6.17. The van der Waals surface area contributed by atoms with E-state index in [1.54, 1.807) is 0 Å². The zero-order chi connectivity index (χ0) is 16.2. The molecule has 0 radical (unpaired) electrons. The fraction of sp³-hybridized carbons (Fsp3) is 0.571. The molecule has 0 amide bonds. The lowest BCUT2D eigenvalue weighted by atomic mass is 10.1. The van der Waals surface area contributed by atoms with Crippen molar-refractivity contribution in [3.63, 3.8) is 0 Å². The van der Waals surface area contributed by atoms with Crippen LogP contribution in [0, 0.1) is 5.82 Å². The zero-order valence-electron chi connectivity index (χ0n) is 12.6. The maximum atomic E-state index is 14.0. The standard InChI is InChI=1S/C14H20BrFN2O3S.ClH/c15-12-3-1-4-13(14(12)16)22(19,20)18-8-5-11(6-9-18)21-10-2-7-17;/h1,3-4,11H,2,5-10,17H2;1H. The summed E-state index contributed by atoms with van der Waals surface area (Å²) in [4.78, 5) is -0.288. The van der Waals surface area contributed by atoms with Gasteiger partial charge in [-0.2, -0.15) is 4.31 Å². The predicted octanol–water partition coefficient (Wildman–Crippen LogP) is 2.53. The highest BCUT2D eigenvalue weighted by Crippen LogP contribution is 2.27. The van der Waals surface area contributed by atoms with E-state index in [9.17, 15) is 12.8 Å². The molecule has 0 atom stereocenters. The second-order valence-corrected chi connectivity index (χ2v) is 7.93. The fourth-order valence-corrected chi connectivity index (χ4v) is 4.45. The molecule has 0 spiro atoms. The molecule has 2 N–H and O–H groups in total. The van der Waals surface area contributed by atoms with Crippen LogP contribution in [0.2, 0.25) is 0 Å². The molecule has 1 heterocycles. The van der Waals surface area contributed by atoms with Crippen molar-refractivity contribution in [2.75, 3.05) is 26.2 Å². The van der Waals surface area contributed by atoms with E-state index in [1.165, 1.54) is 22.5 Å². The Morgan fingerprint density at radius 3 is 2.61 bits per heavy atom. The Kier molecular flexibility index (Phi) is 8.40. The van der Waals surface area contributed by atoms with Gasteiger partial charge in [-0.15, -0.1) is 12.4 Å². The number of benzene rings is 1. The minimum Gasteiger partial charge on any atom is -0.378 e. The molecule has 0 bridgehead atoms. The molecule has 1 aromatic rings. The molecule has 0 aliphatic carbocycles. The maximum Gasteiger partial charge on any atom is 0.246 e. The number of nitrogens with zero attached hydrogens (tertiary/aromatic N) is 1. The molecule has 0 aromatic heterocycles. The van der Waals surface area contributed by atoms with E-state index >= 15 is 0 Å². The molecule has 2 rings (SSSR count). The van der Waals surface area contributed by atoms with E-state index in [2.05, 4.69) is 15.9 Å². The second kappa shape index (κ2) is 9.29. The summed E-state index contributed by atoms with van der Waals surface area (Å²) in [5.41, 5.74) is 5.41. The molecule has 1 aliphatic rings. The normalized spacial score (nSPS) is 17.0. The second-order valence-electron chi connectivity index (χ2n) is 5.17. The molecule has 5 nitrogen and oxygen atoms in total. The highest BCUT2D eigenvalue weighted by Gasteiger charge is 2.32. The number of rotatable bonds is 6. The van der Waals surface area contributed by atoms with Gasteiger partial charge in [-0.05, 0) is 53.9 Å². The van der Waals surface area contributed by atoms with Crippen molar-refractivity contribution >= 4 is 38.4 Å². The summed E-state index contributed by atoms with van der Waals surface area (Å²) in [6.07, 6.45) is 2.06. The molecular formula is C14H21BrClFN2O3S. The van der Waals surface area contributed by atoms with Crippen LogP contribution in [0.5, 0.6) is 0 Å². The number of halogens is 3. The summed E-state index contributed by atoms with van der Waals surface area (Å²) < 4.78 is 46.2. The van der Waals surface area contributed by atoms with Crippen LogP contribution in [-0.2, 0) is 14.8 Å². The zero-order valence-corrected chi connectivity index (χ0v) is 15.8. The van der Waals surface area contributed by atoms with Crippen molar-refractivity contribution in [1.29, 1.82) is 0 Å². The van der Waals surface area contributed by atoms with Gasteiger partial charge in [0.15, 0.2) is 5.82 Å². The Balaban J connectivity index is 0.00000264. The van der Waals surface area contributed by atoms with E-state index in [1.807, 2.05) is 0 Å². The van der Waals surface area contributed by atoms with Crippen LogP contribution in [0.25, 0.3) is 0 Å². The van der Waals surface area contributed by atoms with E-state index in [0.717, 1.165) is 6.42 Å². The van der Waals surface area contributed by atoms with Crippen LogP contribution < -0.4 is 5.73 Å². The van der Waals surface area contributed by atoms with Gasteiger partial charge < -0.3 is 10.5 Å². The summed E-state index contributed by atoms with van der Waals surface area (Å²) in [6, 6.07) is 4.29. The summed E-state index contributed by atoms with van der Waals surface area (Å²) in [6.45, 7) is 1.84. The van der Waals surface area contributed by atoms with Gasteiger partial charge in [0.25, 0.3) is 0 Å². The molecule has 1 aliphatic heterocycles. The van der Waals surface area contributed by atoms with Crippen LogP contribution in [0.15, 0.2) is 27.6 Å². The van der Waals surface area contributed by atoms with E-state index in [0.29, 0.717) is 39.1 Å². The smallest absolute Gasteiger partial charge is 0.246 e. The lowest BCUT2D eigenvalue weighted by Crippen LogP contribution is -2.41. The third-order valence-electron chi connectivity index (χ3n) is 3.64. The first-order valence-corrected chi connectivity index (χ1v) is 9.46. The molecular weight excluding hydrogens is 411 g/mol. The molecule has 0 saturated carbocycles. The van der Waals surface area contributed by atoms with Crippen LogP contribution in [0.3, 0.4) is 0 Å². The Hall–Kier alpha value is -0.250. The lowest BCUT2D eigenvalue weighted by Gasteiger charge is -2.31. The Labute approximate surface area is 151 Å². The number of nitrogens with two attached hydrogens (primary N) is 1. The van der Waals surface area contributed by atoms with Crippen LogP contribution in [-0.4, -0.2) is 45.1 Å². The molecule has 1 aromatic carbocycles. The Bertz CT molecular complexity index is 610. The van der Waals surface area contributed by atoms with E-state index in [4.69, 9.17) is 10.5 Å². The number of hydrogen-bond acceptors (Lipinski definition) is 4. The van der Waals surface area contributed by atoms with Gasteiger partial charge in [-0.1, -0.05) is 6.07 Å². The van der Waals surface area contributed by atoms with Crippen LogP contribution >= 0.6 is 28.3 Å². The molecule has 1 saturated heterocycles. The SMILES string of the molecule is Cl.NCCCOC1CCN(S(=O)(=O)c2cccc(Br)c2F)CC1. The van der Waals surface area contributed by atoms with Gasteiger partial charge in [0.2, 0.25) is 10.0 Å². The van der Waals surface area contributed by atoms with Gasteiger partial charge in [-0.25, -0.2) is 12.8 Å². The molecule has 9 heteroatoms. The Morgan fingerprint density at radius 2 is 2.00 bits per heavy atom. The topological polar surface area (TPSA) is 72.6 Å². The maximum absolute atomic E-state index is 14.0. The summed E-state index contributed by atoms with van der Waals surface area (Å²) >= 11 is 3.02. The number of sulfonamides is 1. The van der Waals surface area contributed by atoms with Gasteiger partial charge in [0.1, 0.15) is 4.90 Å². The van der Waals surface area contributed by atoms with Crippen molar-refractivity contribution in [2.45, 2.75) is 30.3 Å². The van der Waals surface area contributed by atoms with Crippen molar-refractivity contribution in [3.8, 4) is 0 Å². The van der Waals surface area contributed by atoms with Crippen LogP contribution in [0.4, 0.5) is 4.39 Å². The average Bonchev–Trinajstić information content (AvgIpc) is 2.50. The van der Waals surface area contributed by atoms with Crippen molar-refractivity contribution < 1.29 is 17.5 Å². The first kappa shape index (κ1) is 20.8. The minimum atomic E-state index is -3.81. The van der Waals surface area contributed by atoms with Crippen molar-refractivity contribution in [1.82, 2.24) is 4.31 Å². The quantitative estimate of drug-likeness (QED) is 0.703. The Morgan fingerprint density at radius 1 is 1.35 bits per heavy atom. The van der Waals surface area contributed by atoms with Crippen molar-refractivity contribution in [2.24, 2.45) is 5.73 Å². The summed E-state index contributed by atoms with van der Waals surface area (Å²) in [5.74, 6) is -0.746. The highest BCUT2D eigenvalue weighted by molar-refractivity contribution is 9.10. The largest absolute Gasteiger partial charge is 0.378 e. The van der Waals surface area contributed by atoms with Gasteiger partial charge in [0.05, 0.1) is 10.6 Å². The molecule has 132 valence electrons. The third kappa shape index (κ3) is 5.11. The molecule has 23 heavy (non-hydrogen) atoms. The van der Waals surface area contributed by atoms with Gasteiger partial charge >= 0.3 is 0 Å². The summed E-state index contributed by atoms with van der Waals surface area (Å²) in [5, 5.41) is 0. The number of piperidine rings is 1. The lowest BCUT2D eigenvalue weighted by molar-refractivity contribution is 0.0208. The minimum absolute atomic E-state index is 0. The van der Waals surface area contributed by atoms with E-state index in [-0.39, 0.29) is 27.9 Å². The monoisotopic (exact) mass is 430 g/mol. The number of ether oxygens (including phenoxy) is 1. The van der Waals surface area contributed by atoms with Gasteiger partial charge in [-0.3, -0.25) is 0 Å². The molecule has 1 fully saturated rings. The number of hydrogen-bond donors (Lipinski definition) is 1. The fourth-order valence-electron chi connectivity index (χ4n) is 2.39. The molecule has 0 unspecified atom stereocenters. The van der Waals surface area contributed by atoms with Crippen LogP contribution in [0.1, 0.15) is 19.3 Å². The summed E-state index contributed by atoms with van der Waals surface area (Å²) in [7, 11) is -3.81. The van der Waals surface area contributed by atoms with E-state index < -0.39 is 15.8 Å². The van der Waals surface area contributed by atoms with Gasteiger partial charge in [0, 0.05) is 19.7 Å².